The van der Waals surface area contributed by atoms with E-state index in [1.54, 1.807) is 48.5 Å². The summed E-state index contributed by atoms with van der Waals surface area (Å²) in [6, 6.07) is 3.38. The number of methoxy groups -OCH3 is 1. The topological polar surface area (TPSA) is 89.4 Å². The minimum atomic E-state index is -0.475. The molecule has 1 aliphatic heterocycles. The molecular weight excluding hydrogens is 358 g/mol. The van der Waals surface area contributed by atoms with Crippen molar-refractivity contribution in [1.82, 2.24) is 19.7 Å². The van der Waals surface area contributed by atoms with E-state index >= 15 is 0 Å². The first-order valence-corrected chi connectivity index (χ1v) is 9.35. The molecule has 8 nitrogen and oxygen atoms in total. The standard InChI is InChI=1S/C20H27N5O3/c1-20(2,28-4)7-9-25-13-15(12-22-25)23-19(27)16-10-17(26)24(3)18(16)14-6-5-8-21-11-14/h5-6,8,11-13,16,18H,7,9-10H2,1-4H3,(H,23,27). The van der Waals surface area contributed by atoms with Gasteiger partial charge in [-0.25, -0.2) is 0 Å². The van der Waals surface area contributed by atoms with Crippen molar-refractivity contribution in [3.8, 4) is 0 Å². The maximum Gasteiger partial charge on any atom is 0.230 e. The van der Waals surface area contributed by atoms with Gasteiger partial charge in [0, 0.05) is 45.7 Å². The molecule has 1 fully saturated rings. The molecule has 28 heavy (non-hydrogen) atoms. The van der Waals surface area contributed by atoms with E-state index in [2.05, 4.69) is 15.4 Å². The van der Waals surface area contributed by atoms with Gasteiger partial charge in [-0.05, 0) is 31.9 Å². The van der Waals surface area contributed by atoms with Gasteiger partial charge in [0.15, 0.2) is 0 Å². The van der Waals surface area contributed by atoms with E-state index < -0.39 is 5.92 Å². The Morgan fingerprint density at radius 3 is 2.86 bits per heavy atom. The first-order valence-electron chi connectivity index (χ1n) is 9.35. The number of hydrogen-bond donors (Lipinski definition) is 1. The van der Waals surface area contributed by atoms with Crippen molar-refractivity contribution in [3.05, 3.63) is 42.5 Å². The molecule has 2 amide bonds. The zero-order chi connectivity index (χ0) is 20.3. The summed E-state index contributed by atoms with van der Waals surface area (Å²) in [4.78, 5) is 30.9. The molecule has 3 rings (SSSR count). The number of anilines is 1. The molecule has 1 N–H and O–H groups in total. The predicted octanol–water partition coefficient (Wildman–Crippen LogP) is 2.25. The Kier molecular flexibility index (Phi) is 5.79. The van der Waals surface area contributed by atoms with Crippen LogP contribution in [0.4, 0.5) is 5.69 Å². The molecule has 150 valence electrons. The van der Waals surface area contributed by atoms with E-state index in [4.69, 9.17) is 4.74 Å². The van der Waals surface area contributed by atoms with Gasteiger partial charge in [-0.3, -0.25) is 19.3 Å². The van der Waals surface area contributed by atoms with E-state index in [-0.39, 0.29) is 29.9 Å². The molecule has 8 heteroatoms. The van der Waals surface area contributed by atoms with Crippen molar-refractivity contribution >= 4 is 17.5 Å². The Labute approximate surface area is 164 Å². The molecule has 1 aliphatic rings. The van der Waals surface area contributed by atoms with Gasteiger partial charge < -0.3 is 15.0 Å². The first-order chi connectivity index (χ1) is 13.3. The Bertz CT molecular complexity index is 833. The lowest BCUT2D eigenvalue weighted by molar-refractivity contribution is -0.128. The fourth-order valence-electron chi connectivity index (χ4n) is 3.38. The van der Waals surface area contributed by atoms with Crippen LogP contribution < -0.4 is 5.32 Å². The van der Waals surface area contributed by atoms with Gasteiger partial charge in [-0.2, -0.15) is 5.10 Å². The first kappa shape index (κ1) is 20.0. The van der Waals surface area contributed by atoms with Crippen LogP contribution in [0.15, 0.2) is 36.9 Å². The van der Waals surface area contributed by atoms with Gasteiger partial charge in [0.25, 0.3) is 0 Å². The second-order valence-corrected chi connectivity index (χ2v) is 7.74. The van der Waals surface area contributed by atoms with Crippen molar-refractivity contribution in [2.45, 2.75) is 44.9 Å². The summed E-state index contributed by atoms with van der Waals surface area (Å²) in [5, 5.41) is 7.20. The molecule has 0 bridgehead atoms. The van der Waals surface area contributed by atoms with Gasteiger partial charge in [-0.15, -0.1) is 0 Å². The van der Waals surface area contributed by atoms with E-state index in [9.17, 15) is 9.59 Å². The van der Waals surface area contributed by atoms with Crippen LogP contribution >= 0.6 is 0 Å². The lowest BCUT2D eigenvalue weighted by Crippen LogP contribution is -2.30. The Balaban J connectivity index is 1.68. The lowest BCUT2D eigenvalue weighted by Gasteiger charge is -2.24. The van der Waals surface area contributed by atoms with Crippen LogP contribution in [-0.4, -0.2) is 51.2 Å². The summed E-state index contributed by atoms with van der Waals surface area (Å²) < 4.78 is 7.20. The van der Waals surface area contributed by atoms with Crippen molar-refractivity contribution in [1.29, 1.82) is 0 Å². The number of carbonyl (C=O) groups excluding carboxylic acids is 2. The van der Waals surface area contributed by atoms with Crippen LogP contribution in [0.5, 0.6) is 0 Å². The molecule has 2 unspecified atom stereocenters. The van der Waals surface area contributed by atoms with E-state index in [0.717, 1.165) is 12.0 Å². The number of ether oxygens (including phenoxy) is 1. The van der Waals surface area contributed by atoms with E-state index in [1.807, 2.05) is 26.0 Å². The van der Waals surface area contributed by atoms with Crippen molar-refractivity contribution in [2.75, 3.05) is 19.5 Å². The maximum atomic E-state index is 12.9. The monoisotopic (exact) mass is 385 g/mol. The number of amides is 2. The number of likely N-dealkylation sites (tertiary alicyclic amines) is 1. The zero-order valence-electron chi connectivity index (χ0n) is 16.8. The fourth-order valence-corrected chi connectivity index (χ4v) is 3.38. The van der Waals surface area contributed by atoms with Crippen molar-refractivity contribution in [3.63, 3.8) is 0 Å². The highest BCUT2D eigenvalue weighted by molar-refractivity contribution is 5.97. The van der Waals surface area contributed by atoms with Gasteiger partial charge in [0.2, 0.25) is 11.8 Å². The molecule has 3 heterocycles. The van der Waals surface area contributed by atoms with Gasteiger partial charge in [0.1, 0.15) is 0 Å². The highest BCUT2D eigenvalue weighted by atomic mass is 16.5. The summed E-state index contributed by atoms with van der Waals surface area (Å²) in [5.74, 6) is -0.715. The summed E-state index contributed by atoms with van der Waals surface area (Å²) >= 11 is 0. The maximum absolute atomic E-state index is 12.9. The minimum Gasteiger partial charge on any atom is -0.379 e. The Hall–Kier alpha value is -2.74. The molecule has 2 aromatic rings. The van der Waals surface area contributed by atoms with Crippen LogP contribution in [-0.2, 0) is 20.9 Å². The van der Waals surface area contributed by atoms with Gasteiger partial charge in [-0.1, -0.05) is 6.07 Å². The number of carbonyl (C=O) groups is 2. The predicted molar refractivity (Wildman–Crippen MR) is 104 cm³/mol. The molecule has 0 spiro atoms. The SMILES string of the molecule is COC(C)(C)CCn1cc(NC(=O)C2CC(=O)N(C)C2c2cccnc2)cn1. The molecule has 2 aromatic heterocycles. The number of hydrogen-bond acceptors (Lipinski definition) is 5. The number of pyridine rings is 1. The van der Waals surface area contributed by atoms with Crippen LogP contribution in [0.25, 0.3) is 0 Å². The number of nitrogens with one attached hydrogen (secondary N) is 1. The summed E-state index contributed by atoms with van der Waals surface area (Å²) in [7, 11) is 3.41. The molecule has 2 atom stereocenters. The third kappa shape index (κ3) is 4.39. The number of aryl methyl sites for hydroxylation is 1. The molecule has 0 saturated carbocycles. The Morgan fingerprint density at radius 2 is 2.18 bits per heavy atom. The van der Waals surface area contributed by atoms with Crippen molar-refractivity contribution in [2.24, 2.45) is 5.92 Å². The van der Waals surface area contributed by atoms with Crippen molar-refractivity contribution < 1.29 is 14.3 Å². The fraction of sp³-hybridized carbons (Fsp3) is 0.500. The molecular formula is C20H27N5O3. The highest BCUT2D eigenvalue weighted by Gasteiger charge is 2.42. The van der Waals surface area contributed by atoms with Crippen LogP contribution in [0, 0.1) is 5.92 Å². The largest absolute Gasteiger partial charge is 0.379 e. The van der Waals surface area contributed by atoms with E-state index in [0.29, 0.717) is 12.2 Å². The summed E-state index contributed by atoms with van der Waals surface area (Å²) in [6.07, 6.45) is 7.77. The number of rotatable bonds is 7. The van der Waals surface area contributed by atoms with Crippen LogP contribution in [0.1, 0.15) is 38.3 Å². The van der Waals surface area contributed by atoms with Crippen LogP contribution in [0.2, 0.25) is 0 Å². The lowest BCUT2D eigenvalue weighted by atomic mass is 9.94. The zero-order valence-corrected chi connectivity index (χ0v) is 16.8. The smallest absolute Gasteiger partial charge is 0.230 e. The summed E-state index contributed by atoms with van der Waals surface area (Å²) in [6.45, 7) is 4.72. The third-order valence-electron chi connectivity index (χ3n) is 5.35. The highest BCUT2D eigenvalue weighted by Crippen LogP contribution is 2.37. The molecule has 0 radical (unpaired) electrons. The second-order valence-electron chi connectivity index (χ2n) is 7.74. The van der Waals surface area contributed by atoms with Gasteiger partial charge in [0.05, 0.1) is 29.4 Å². The third-order valence-corrected chi connectivity index (χ3v) is 5.35. The minimum absolute atomic E-state index is 0.0495. The average Bonchev–Trinajstić information content (AvgIpc) is 3.25. The van der Waals surface area contributed by atoms with Crippen LogP contribution in [0.3, 0.4) is 0 Å². The quantitative estimate of drug-likeness (QED) is 0.790. The number of aromatic nitrogens is 3. The molecule has 0 aromatic carbocycles. The second kappa shape index (κ2) is 8.10. The van der Waals surface area contributed by atoms with E-state index in [1.165, 1.54) is 0 Å². The Morgan fingerprint density at radius 1 is 1.39 bits per heavy atom. The normalized spacial score (nSPS) is 19.9. The molecule has 1 saturated heterocycles. The summed E-state index contributed by atoms with van der Waals surface area (Å²) in [5.41, 5.74) is 1.24. The number of nitrogens with zero attached hydrogens (tertiary/aromatic N) is 4. The molecule has 0 aliphatic carbocycles. The van der Waals surface area contributed by atoms with Gasteiger partial charge >= 0.3 is 0 Å². The average molecular weight is 385 g/mol.